The summed E-state index contributed by atoms with van der Waals surface area (Å²) < 4.78 is 5.88. The molecule has 0 bridgehead atoms. The molecule has 2 rings (SSSR count). The van der Waals surface area contributed by atoms with E-state index in [1.165, 1.54) is 0 Å². The summed E-state index contributed by atoms with van der Waals surface area (Å²) in [5.74, 6) is 0.822. The number of rotatable bonds is 4. The first kappa shape index (κ1) is 11.6. The van der Waals surface area contributed by atoms with Gasteiger partial charge in [-0.05, 0) is 33.6 Å². The molecule has 0 amide bonds. The van der Waals surface area contributed by atoms with Crippen LogP contribution in [0.1, 0.15) is 11.3 Å². The molecule has 0 saturated heterocycles. The van der Waals surface area contributed by atoms with Gasteiger partial charge >= 0.3 is 0 Å². The van der Waals surface area contributed by atoms with E-state index in [0.717, 1.165) is 27.4 Å². The number of nitrogens with one attached hydrogen (secondary N) is 1. The van der Waals surface area contributed by atoms with Crippen molar-refractivity contribution in [1.29, 1.82) is 0 Å². The molecule has 16 heavy (non-hydrogen) atoms. The van der Waals surface area contributed by atoms with Crippen molar-refractivity contribution in [2.75, 3.05) is 0 Å². The van der Waals surface area contributed by atoms with E-state index in [2.05, 4.69) is 26.4 Å². The van der Waals surface area contributed by atoms with Crippen LogP contribution in [0.5, 0.6) is 0 Å². The predicted octanol–water partition coefficient (Wildman–Crippen LogP) is 3.38. The molecule has 0 unspecified atom stereocenters. The smallest absolute Gasteiger partial charge is 0.150 e. The molecule has 0 saturated carbocycles. The van der Waals surface area contributed by atoms with Crippen LogP contribution in [-0.2, 0) is 13.1 Å². The molecule has 84 valence electrons. The monoisotopic (exact) mass is 300 g/mol. The highest BCUT2D eigenvalue weighted by Crippen LogP contribution is 2.23. The molecule has 0 aliphatic heterocycles. The minimum absolute atomic E-state index is 0.660. The molecular weight excluding hydrogens is 291 g/mol. The SMILES string of the molecule is Clc1cc(CNCc2ccno2)ccc1Br. The van der Waals surface area contributed by atoms with Gasteiger partial charge in [0.05, 0.1) is 17.8 Å². The van der Waals surface area contributed by atoms with E-state index in [4.69, 9.17) is 16.1 Å². The van der Waals surface area contributed by atoms with E-state index >= 15 is 0 Å². The van der Waals surface area contributed by atoms with E-state index in [1.807, 2.05) is 24.3 Å². The second kappa shape index (κ2) is 5.48. The van der Waals surface area contributed by atoms with Crippen LogP contribution in [0.2, 0.25) is 5.02 Å². The van der Waals surface area contributed by atoms with Crippen LogP contribution < -0.4 is 5.32 Å². The number of hydrogen-bond donors (Lipinski definition) is 1. The van der Waals surface area contributed by atoms with Gasteiger partial charge < -0.3 is 9.84 Å². The van der Waals surface area contributed by atoms with Gasteiger partial charge in [-0.3, -0.25) is 0 Å². The van der Waals surface area contributed by atoms with Crippen LogP contribution in [0.4, 0.5) is 0 Å². The van der Waals surface area contributed by atoms with E-state index in [-0.39, 0.29) is 0 Å². The largest absolute Gasteiger partial charge is 0.360 e. The second-order valence-corrected chi connectivity index (χ2v) is 4.59. The number of nitrogens with zero attached hydrogens (tertiary/aromatic N) is 1. The number of aromatic nitrogens is 1. The Morgan fingerprint density at radius 1 is 1.31 bits per heavy atom. The Bertz CT molecular complexity index is 459. The molecule has 1 N–H and O–H groups in total. The minimum atomic E-state index is 0.660. The van der Waals surface area contributed by atoms with E-state index in [1.54, 1.807) is 6.20 Å². The van der Waals surface area contributed by atoms with Crippen LogP contribution in [0.15, 0.2) is 39.5 Å². The van der Waals surface area contributed by atoms with Gasteiger partial charge in [-0.1, -0.05) is 22.8 Å². The van der Waals surface area contributed by atoms with Crippen molar-refractivity contribution in [3.8, 4) is 0 Å². The van der Waals surface area contributed by atoms with E-state index in [0.29, 0.717) is 6.54 Å². The molecule has 0 spiro atoms. The Morgan fingerprint density at radius 2 is 2.19 bits per heavy atom. The predicted molar refractivity (Wildman–Crippen MR) is 66.2 cm³/mol. The van der Waals surface area contributed by atoms with Crippen molar-refractivity contribution in [3.63, 3.8) is 0 Å². The normalized spacial score (nSPS) is 10.6. The molecule has 0 atom stereocenters. The van der Waals surface area contributed by atoms with Crippen LogP contribution in [0, 0.1) is 0 Å². The van der Waals surface area contributed by atoms with Gasteiger partial charge in [-0.15, -0.1) is 0 Å². The summed E-state index contributed by atoms with van der Waals surface area (Å²) in [6.07, 6.45) is 1.63. The number of hydrogen-bond acceptors (Lipinski definition) is 3. The lowest BCUT2D eigenvalue weighted by Gasteiger charge is -2.04. The fourth-order valence-corrected chi connectivity index (χ4v) is 1.76. The van der Waals surface area contributed by atoms with Gasteiger partial charge in [0.25, 0.3) is 0 Å². The molecule has 2 aromatic rings. The maximum Gasteiger partial charge on any atom is 0.150 e. The summed E-state index contributed by atoms with van der Waals surface area (Å²) in [5, 5.41) is 7.60. The molecule has 1 heterocycles. The van der Waals surface area contributed by atoms with Crippen LogP contribution in [0.25, 0.3) is 0 Å². The number of halogens is 2. The van der Waals surface area contributed by atoms with Crippen LogP contribution in [-0.4, -0.2) is 5.16 Å². The molecule has 0 fully saturated rings. The lowest BCUT2D eigenvalue weighted by molar-refractivity contribution is 0.373. The Hall–Kier alpha value is -0.840. The number of benzene rings is 1. The summed E-state index contributed by atoms with van der Waals surface area (Å²) in [5.41, 5.74) is 1.13. The van der Waals surface area contributed by atoms with Crippen molar-refractivity contribution >= 4 is 27.5 Å². The third kappa shape index (κ3) is 3.07. The molecule has 0 aliphatic carbocycles. The first-order chi connectivity index (χ1) is 7.75. The third-order valence-electron chi connectivity index (χ3n) is 2.10. The molecular formula is C11H10BrClN2O. The molecule has 5 heteroatoms. The maximum absolute atomic E-state index is 5.99. The van der Waals surface area contributed by atoms with Gasteiger partial charge in [0.15, 0.2) is 0 Å². The Morgan fingerprint density at radius 3 is 2.88 bits per heavy atom. The van der Waals surface area contributed by atoms with Crippen LogP contribution in [0.3, 0.4) is 0 Å². The van der Waals surface area contributed by atoms with Gasteiger partial charge in [0, 0.05) is 17.1 Å². The molecule has 3 nitrogen and oxygen atoms in total. The van der Waals surface area contributed by atoms with Crippen molar-refractivity contribution in [2.24, 2.45) is 0 Å². The zero-order chi connectivity index (χ0) is 11.4. The summed E-state index contributed by atoms with van der Waals surface area (Å²) in [6, 6.07) is 7.72. The highest BCUT2D eigenvalue weighted by molar-refractivity contribution is 9.10. The fourth-order valence-electron chi connectivity index (χ4n) is 1.31. The Balaban J connectivity index is 1.87. The van der Waals surface area contributed by atoms with Crippen molar-refractivity contribution in [1.82, 2.24) is 10.5 Å². The highest BCUT2D eigenvalue weighted by Gasteiger charge is 2.00. The lowest BCUT2D eigenvalue weighted by atomic mass is 10.2. The van der Waals surface area contributed by atoms with Gasteiger partial charge in [0.2, 0.25) is 0 Å². The van der Waals surface area contributed by atoms with Gasteiger partial charge in [0.1, 0.15) is 5.76 Å². The van der Waals surface area contributed by atoms with Gasteiger partial charge in [-0.25, -0.2) is 0 Å². The fraction of sp³-hybridized carbons (Fsp3) is 0.182. The molecule has 1 aromatic carbocycles. The molecule has 0 radical (unpaired) electrons. The lowest BCUT2D eigenvalue weighted by Crippen LogP contribution is -2.12. The first-order valence-corrected chi connectivity index (χ1v) is 5.97. The zero-order valence-corrected chi connectivity index (χ0v) is 10.8. The highest BCUT2D eigenvalue weighted by atomic mass is 79.9. The minimum Gasteiger partial charge on any atom is -0.360 e. The van der Waals surface area contributed by atoms with Crippen molar-refractivity contribution < 1.29 is 4.52 Å². The first-order valence-electron chi connectivity index (χ1n) is 4.80. The Kier molecular flexibility index (Phi) is 3.98. The van der Waals surface area contributed by atoms with Crippen molar-refractivity contribution in [2.45, 2.75) is 13.1 Å². The van der Waals surface area contributed by atoms with Crippen molar-refractivity contribution in [3.05, 3.63) is 51.3 Å². The maximum atomic E-state index is 5.99. The zero-order valence-electron chi connectivity index (χ0n) is 8.41. The van der Waals surface area contributed by atoms with E-state index < -0.39 is 0 Å². The third-order valence-corrected chi connectivity index (χ3v) is 3.34. The van der Waals surface area contributed by atoms with Gasteiger partial charge in [-0.2, -0.15) is 0 Å². The second-order valence-electron chi connectivity index (χ2n) is 3.33. The summed E-state index contributed by atoms with van der Waals surface area (Å²) in [6.45, 7) is 1.40. The quantitative estimate of drug-likeness (QED) is 0.941. The summed E-state index contributed by atoms with van der Waals surface area (Å²) in [7, 11) is 0. The average molecular weight is 302 g/mol. The van der Waals surface area contributed by atoms with Crippen LogP contribution >= 0.6 is 27.5 Å². The average Bonchev–Trinajstić information content (AvgIpc) is 2.76. The molecule has 1 aromatic heterocycles. The van der Waals surface area contributed by atoms with E-state index in [9.17, 15) is 0 Å². The summed E-state index contributed by atoms with van der Waals surface area (Å²) in [4.78, 5) is 0. The summed E-state index contributed by atoms with van der Waals surface area (Å²) >= 11 is 9.34. The Labute approximate surface area is 107 Å². The molecule has 0 aliphatic rings. The topological polar surface area (TPSA) is 38.1 Å². The standard InChI is InChI=1S/C11H10BrClN2O/c12-10-2-1-8(5-11(10)13)6-14-7-9-3-4-15-16-9/h1-5,14H,6-7H2.